The van der Waals surface area contributed by atoms with Gasteiger partial charge in [0.2, 0.25) is 0 Å². The van der Waals surface area contributed by atoms with Crippen molar-refractivity contribution in [2.45, 2.75) is 18.9 Å². The molecule has 8 heteroatoms. The van der Waals surface area contributed by atoms with Gasteiger partial charge in [0.1, 0.15) is 6.10 Å². The number of ether oxygens (including phenoxy) is 3. The molecule has 3 aromatic carbocycles. The Morgan fingerprint density at radius 3 is 2.29 bits per heavy atom. The number of carbonyl (C=O) groups is 2. The van der Waals surface area contributed by atoms with Gasteiger partial charge in [-0.2, -0.15) is 5.10 Å². The second-order valence-electron chi connectivity index (χ2n) is 8.09. The maximum Gasteiger partial charge on any atom is 0.411 e. The molecule has 0 bridgehead atoms. The lowest BCUT2D eigenvalue weighted by molar-refractivity contribution is 0.0800. The first-order chi connectivity index (χ1) is 17.0. The number of anilines is 1. The molecule has 3 aromatic rings. The Balaban J connectivity index is 1.42. The molecule has 0 fully saturated rings. The average molecular weight is 474 g/mol. The molecule has 0 atom stereocenters. The minimum Gasteiger partial charge on any atom is -0.493 e. The molecular weight excluding hydrogens is 446 g/mol. The third-order valence-corrected chi connectivity index (χ3v) is 5.73. The van der Waals surface area contributed by atoms with Gasteiger partial charge >= 0.3 is 6.09 Å². The number of benzene rings is 3. The fourth-order valence-corrected chi connectivity index (χ4v) is 3.90. The molecule has 0 aromatic heterocycles. The smallest absolute Gasteiger partial charge is 0.411 e. The molecule has 0 heterocycles. The van der Waals surface area contributed by atoms with Crippen LogP contribution in [0.2, 0.25) is 0 Å². The lowest BCUT2D eigenvalue weighted by Gasteiger charge is -2.16. The van der Waals surface area contributed by atoms with Crippen LogP contribution in [0.25, 0.3) is 0 Å². The maximum absolute atomic E-state index is 12.7. The van der Waals surface area contributed by atoms with Gasteiger partial charge in [0, 0.05) is 31.1 Å². The van der Waals surface area contributed by atoms with Crippen molar-refractivity contribution >= 4 is 23.9 Å². The minimum atomic E-state index is -0.578. The highest BCUT2D eigenvalue weighted by atomic mass is 16.5. The number of hydrogen-bond donors (Lipinski definition) is 1. The molecule has 1 aliphatic rings. The van der Waals surface area contributed by atoms with Gasteiger partial charge in [0.05, 0.1) is 20.4 Å². The standard InChI is InChI=1S/C27H27N3O5/c1-30(26(31)19-9-11-22(12-10-19)29-27(32)34-3)28-17-18-8-13-24(33-2)25(14-18)35-23-15-20-6-4-5-7-21(20)16-23/h4-14,17,23H,15-16H2,1-3H3,(H,29,32). The Morgan fingerprint density at radius 2 is 1.66 bits per heavy atom. The molecule has 0 spiro atoms. The van der Waals surface area contributed by atoms with E-state index in [0.717, 1.165) is 18.4 Å². The van der Waals surface area contributed by atoms with Crippen molar-refractivity contribution in [2.24, 2.45) is 5.10 Å². The lowest BCUT2D eigenvalue weighted by atomic mass is 10.1. The van der Waals surface area contributed by atoms with Gasteiger partial charge in [-0.1, -0.05) is 24.3 Å². The maximum atomic E-state index is 12.7. The van der Waals surface area contributed by atoms with Gasteiger partial charge in [-0.3, -0.25) is 10.1 Å². The molecule has 0 saturated heterocycles. The highest BCUT2D eigenvalue weighted by Crippen LogP contribution is 2.32. The van der Waals surface area contributed by atoms with Crippen LogP contribution in [0, 0.1) is 0 Å². The van der Waals surface area contributed by atoms with Crippen molar-refractivity contribution in [1.29, 1.82) is 0 Å². The van der Waals surface area contributed by atoms with Crippen LogP contribution in [-0.2, 0) is 17.6 Å². The Hall–Kier alpha value is -4.33. The van der Waals surface area contributed by atoms with E-state index >= 15 is 0 Å². The summed E-state index contributed by atoms with van der Waals surface area (Å²) in [6.07, 6.45) is 2.76. The van der Waals surface area contributed by atoms with Gasteiger partial charge in [0.25, 0.3) is 5.91 Å². The summed E-state index contributed by atoms with van der Waals surface area (Å²) in [7, 11) is 4.47. The van der Waals surface area contributed by atoms with Gasteiger partial charge < -0.3 is 14.2 Å². The lowest BCUT2D eigenvalue weighted by Crippen LogP contribution is -2.21. The first kappa shape index (κ1) is 23.8. The van der Waals surface area contributed by atoms with E-state index in [9.17, 15) is 9.59 Å². The molecule has 0 aliphatic heterocycles. The van der Waals surface area contributed by atoms with E-state index in [2.05, 4.69) is 27.3 Å². The quantitative estimate of drug-likeness (QED) is 0.402. The molecular formula is C27H27N3O5. The SMILES string of the molecule is COC(=O)Nc1ccc(C(=O)N(C)N=Cc2ccc(OC)c(OC3Cc4ccccc4C3)c2)cc1. The summed E-state index contributed by atoms with van der Waals surface area (Å²) in [6, 6.07) is 20.4. The molecule has 0 unspecified atom stereocenters. The van der Waals surface area contributed by atoms with Crippen molar-refractivity contribution in [3.8, 4) is 11.5 Å². The van der Waals surface area contributed by atoms with E-state index < -0.39 is 6.09 Å². The topological polar surface area (TPSA) is 89.5 Å². The van der Waals surface area contributed by atoms with Crippen molar-refractivity contribution in [3.05, 3.63) is 89.0 Å². The largest absolute Gasteiger partial charge is 0.493 e. The first-order valence-electron chi connectivity index (χ1n) is 11.2. The van der Waals surface area contributed by atoms with Crippen LogP contribution in [-0.4, -0.2) is 50.6 Å². The highest BCUT2D eigenvalue weighted by molar-refractivity contribution is 5.95. The molecule has 4 rings (SSSR count). The average Bonchev–Trinajstić information content (AvgIpc) is 3.29. The molecule has 1 aliphatic carbocycles. The van der Waals surface area contributed by atoms with Crippen LogP contribution >= 0.6 is 0 Å². The first-order valence-corrected chi connectivity index (χ1v) is 11.2. The summed E-state index contributed by atoms with van der Waals surface area (Å²) in [6.45, 7) is 0. The van der Waals surface area contributed by atoms with Crippen LogP contribution in [0.4, 0.5) is 10.5 Å². The predicted octanol–water partition coefficient (Wildman–Crippen LogP) is 4.53. The number of hydrogen-bond acceptors (Lipinski definition) is 6. The van der Waals surface area contributed by atoms with E-state index in [1.807, 2.05) is 30.3 Å². The Labute approximate surface area is 204 Å². The summed E-state index contributed by atoms with van der Waals surface area (Å²) in [5.74, 6) is 0.986. The van der Waals surface area contributed by atoms with Crippen molar-refractivity contribution in [3.63, 3.8) is 0 Å². The molecule has 2 amide bonds. The van der Waals surface area contributed by atoms with E-state index in [4.69, 9.17) is 9.47 Å². The number of rotatable bonds is 7. The summed E-state index contributed by atoms with van der Waals surface area (Å²) in [5.41, 5.74) is 4.34. The van der Waals surface area contributed by atoms with Crippen molar-refractivity contribution in [1.82, 2.24) is 5.01 Å². The molecule has 35 heavy (non-hydrogen) atoms. The van der Waals surface area contributed by atoms with E-state index in [1.54, 1.807) is 44.6 Å². The zero-order valence-electron chi connectivity index (χ0n) is 19.9. The predicted molar refractivity (Wildman–Crippen MR) is 133 cm³/mol. The van der Waals surface area contributed by atoms with Gasteiger partial charge in [-0.15, -0.1) is 0 Å². The van der Waals surface area contributed by atoms with Crippen LogP contribution in [0.5, 0.6) is 11.5 Å². The molecule has 8 nitrogen and oxygen atoms in total. The monoisotopic (exact) mass is 473 g/mol. The highest BCUT2D eigenvalue weighted by Gasteiger charge is 2.23. The van der Waals surface area contributed by atoms with Crippen LogP contribution in [0.3, 0.4) is 0 Å². The van der Waals surface area contributed by atoms with E-state index in [-0.39, 0.29) is 12.0 Å². The van der Waals surface area contributed by atoms with Crippen LogP contribution in [0.1, 0.15) is 27.0 Å². The van der Waals surface area contributed by atoms with Crippen molar-refractivity contribution in [2.75, 3.05) is 26.6 Å². The Bertz CT molecular complexity index is 1210. The number of carbonyl (C=O) groups excluding carboxylic acids is 2. The normalized spacial score (nSPS) is 12.8. The number of hydrazone groups is 1. The number of nitrogens with one attached hydrogen (secondary N) is 1. The number of nitrogens with zero attached hydrogens (tertiary/aromatic N) is 2. The minimum absolute atomic E-state index is 0.0365. The fraction of sp³-hybridized carbons (Fsp3) is 0.222. The van der Waals surface area contributed by atoms with Crippen molar-refractivity contribution < 1.29 is 23.8 Å². The summed E-state index contributed by atoms with van der Waals surface area (Å²) < 4.78 is 16.3. The Morgan fingerprint density at radius 1 is 0.971 bits per heavy atom. The van der Waals surface area contributed by atoms with Gasteiger partial charge in [-0.05, 0) is 59.2 Å². The summed E-state index contributed by atoms with van der Waals surface area (Å²) >= 11 is 0. The Kier molecular flexibility index (Phi) is 7.30. The third-order valence-electron chi connectivity index (χ3n) is 5.73. The molecule has 0 saturated carbocycles. The number of methoxy groups -OCH3 is 2. The van der Waals surface area contributed by atoms with Crippen LogP contribution < -0.4 is 14.8 Å². The fourth-order valence-electron chi connectivity index (χ4n) is 3.90. The second-order valence-corrected chi connectivity index (χ2v) is 8.09. The van der Waals surface area contributed by atoms with Crippen LogP contribution in [0.15, 0.2) is 71.8 Å². The van der Waals surface area contributed by atoms with Gasteiger partial charge in [-0.25, -0.2) is 9.80 Å². The van der Waals surface area contributed by atoms with E-state index in [0.29, 0.717) is 22.7 Å². The number of fused-ring (bicyclic) bond motifs is 1. The molecule has 180 valence electrons. The van der Waals surface area contributed by atoms with E-state index in [1.165, 1.54) is 23.2 Å². The summed E-state index contributed by atoms with van der Waals surface area (Å²) in [5, 5.41) is 8.08. The third kappa shape index (κ3) is 5.78. The molecule has 0 radical (unpaired) electrons. The second kappa shape index (κ2) is 10.7. The number of amides is 2. The zero-order chi connectivity index (χ0) is 24.8. The summed E-state index contributed by atoms with van der Waals surface area (Å²) in [4.78, 5) is 24.0. The molecule has 1 N–H and O–H groups in total. The zero-order valence-corrected chi connectivity index (χ0v) is 19.9. The van der Waals surface area contributed by atoms with Gasteiger partial charge in [0.15, 0.2) is 11.5 Å².